The van der Waals surface area contributed by atoms with Crippen molar-refractivity contribution >= 4 is 28.3 Å². The van der Waals surface area contributed by atoms with E-state index in [9.17, 15) is 13.2 Å². The molecule has 2 heterocycles. The molecular weight excluding hydrogens is 340 g/mol. The zero-order valence-corrected chi connectivity index (χ0v) is 15.3. The smallest absolute Gasteiger partial charge is 0.267 e. The van der Waals surface area contributed by atoms with Crippen LogP contribution in [0.2, 0.25) is 0 Å². The quantitative estimate of drug-likeness (QED) is 0.773. The van der Waals surface area contributed by atoms with Gasteiger partial charge in [0, 0.05) is 39.4 Å². The van der Waals surface area contributed by atoms with Crippen LogP contribution in [-0.4, -0.2) is 55.9 Å². The van der Waals surface area contributed by atoms with Crippen molar-refractivity contribution in [1.82, 2.24) is 19.5 Å². The summed E-state index contributed by atoms with van der Waals surface area (Å²) in [6, 6.07) is 1.42. The largest absolute Gasteiger partial charge is 0.354 e. The molecule has 1 aromatic rings. The first-order valence-electron chi connectivity index (χ1n) is 7.52. The van der Waals surface area contributed by atoms with Crippen molar-refractivity contribution in [2.45, 2.75) is 30.7 Å². The Balaban J connectivity index is 0.00000264. The number of halogens is 1. The summed E-state index contributed by atoms with van der Waals surface area (Å²) in [4.78, 5) is 12.0. The van der Waals surface area contributed by atoms with Gasteiger partial charge in [0.15, 0.2) is 0 Å². The van der Waals surface area contributed by atoms with Gasteiger partial charge in [0.2, 0.25) is 10.0 Å². The van der Waals surface area contributed by atoms with Crippen molar-refractivity contribution in [2.75, 3.05) is 26.7 Å². The SMILES string of the molecule is CCCN(C1CCNC1)S(=O)(=O)c1cc(C(=O)NC)n(C)c1.Cl. The number of nitrogens with one attached hydrogen (secondary N) is 2. The number of carbonyl (C=O) groups excluding carboxylic acids is 1. The molecule has 2 N–H and O–H groups in total. The number of hydrogen-bond donors (Lipinski definition) is 2. The lowest BCUT2D eigenvalue weighted by Crippen LogP contribution is -2.41. The highest BCUT2D eigenvalue weighted by atomic mass is 35.5. The summed E-state index contributed by atoms with van der Waals surface area (Å²) in [7, 11) is -0.401. The van der Waals surface area contributed by atoms with Crippen molar-refractivity contribution in [1.29, 1.82) is 0 Å². The number of hydrogen-bond acceptors (Lipinski definition) is 4. The molecule has 0 radical (unpaired) electrons. The molecule has 0 spiro atoms. The van der Waals surface area contributed by atoms with Crippen molar-refractivity contribution in [2.24, 2.45) is 7.05 Å². The maximum atomic E-state index is 12.9. The molecule has 132 valence electrons. The fraction of sp³-hybridized carbons (Fsp3) is 0.643. The van der Waals surface area contributed by atoms with E-state index in [1.165, 1.54) is 19.3 Å². The second-order valence-electron chi connectivity index (χ2n) is 5.51. The fourth-order valence-corrected chi connectivity index (χ4v) is 4.59. The summed E-state index contributed by atoms with van der Waals surface area (Å²) in [6.07, 6.45) is 3.07. The van der Waals surface area contributed by atoms with Crippen LogP contribution in [0.1, 0.15) is 30.3 Å². The number of nitrogens with zero attached hydrogens (tertiary/aromatic N) is 2. The third-order valence-electron chi connectivity index (χ3n) is 3.93. The van der Waals surface area contributed by atoms with Crippen LogP contribution < -0.4 is 10.6 Å². The minimum atomic E-state index is -3.60. The third kappa shape index (κ3) is 4.06. The molecule has 1 aliphatic heterocycles. The summed E-state index contributed by atoms with van der Waals surface area (Å²) in [5.74, 6) is -0.298. The molecule has 7 nitrogen and oxygen atoms in total. The molecule has 9 heteroatoms. The van der Waals surface area contributed by atoms with Gasteiger partial charge in [-0.15, -0.1) is 12.4 Å². The monoisotopic (exact) mass is 364 g/mol. The molecule has 0 bridgehead atoms. The van der Waals surface area contributed by atoms with Gasteiger partial charge in [-0.1, -0.05) is 6.92 Å². The van der Waals surface area contributed by atoms with E-state index < -0.39 is 10.0 Å². The van der Waals surface area contributed by atoms with Crippen LogP contribution in [0.15, 0.2) is 17.2 Å². The summed E-state index contributed by atoms with van der Waals surface area (Å²) in [6.45, 7) is 3.96. The number of rotatable bonds is 6. The Bertz CT molecular complexity index is 638. The lowest BCUT2D eigenvalue weighted by atomic mass is 10.2. The average Bonchev–Trinajstić information content (AvgIpc) is 3.13. The lowest BCUT2D eigenvalue weighted by Gasteiger charge is -2.26. The first-order valence-corrected chi connectivity index (χ1v) is 8.96. The summed E-state index contributed by atoms with van der Waals surface area (Å²) >= 11 is 0. The van der Waals surface area contributed by atoms with Gasteiger partial charge in [-0.25, -0.2) is 8.42 Å². The first-order chi connectivity index (χ1) is 10.4. The Morgan fingerprint density at radius 3 is 2.74 bits per heavy atom. The van der Waals surface area contributed by atoms with Gasteiger partial charge < -0.3 is 15.2 Å². The minimum Gasteiger partial charge on any atom is -0.354 e. The van der Waals surface area contributed by atoms with Crippen LogP contribution in [0.3, 0.4) is 0 Å². The van der Waals surface area contributed by atoms with Crippen molar-refractivity contribution in [3.8, 4) is 0 Å². The van der Waals surface area contributed by atoms with E-state index in [0.717, 1.165) is 19.4 Å². The number of amides is 1. The predicted molar refractivity (Wildman–Crippen MR) is 91.5 cm³/mol. The number of aromatic nitrogens is 1. The maximum Gasteiger partial charge on any atom is 0.267 e. The molecular formula is C14H25ClN4O3S. The standard InChI is InChI=1S/C14H24N4O3S.ClH/c1-4-7-18(11-5-6-16-9-11)22(20,21)12-8-13(14(19)15-2)17(3)10-12;/h8,10-11,16H,4-7,9H2,1-3H3,(H,15,19);1H. The van der Waals surface area contributed by atoms with E-state index in [2.05, 4.69) is 10.6 Å². The Labute approximate surface area is 143 Å². The van der Waals surface area contributed by atoms with Crippen molar-refractivity contribution < 1.29 is 13.2 Å². The topological polar surface area (TPSA) is 83.4 Å². The molecule has 2 rings (SSSR count). The van der Waals surface area contributed by atoms with Gasteiger partial charge >= 0.3 is 0 Å². The number of carbonyl (C=O) groups is 1. The molecule has 1 unspecified atom stereocenters. The van der Waals surface area contributed by atoms with E-state index in [0.29, 0.717) is 18.8 Å². The molecule has 1 aliphatic rings. The van der Waals surface area contributed by atoms with Gasteiger partial charge in [0.1, 0.15) is 10.6 Å². The van der Waals surface area contributed by atoms with E-state index >= 15 is 0 Å². The van der Waals surface area contributed by atoms with Crippen LogP contribution >= 0.6 is 12.4 Å². The molecule has 1 saturated heterocycles. The number of sulfonamides is 1. The highest BCUT2D eigenvalue weighted by Gasteiger charge is 2.33. The lowest BCUT2D eigenvalue weighted by molar-refractivity contribution is 0.0955. The van der Waals surface area contributed by atoms with E-state index in [1.807, 2.05) is 6.92 Å². The summed E-state index contributed by atoms with van der Waals surface area (Å²) in [5, 5.41) is 5.72. The predicted octanol–water partition coefficient (Wildman–Crippen LogP) is 0.569. The molecule has 23 heavy (non-hydrogen) atoms. The Kier molecular flexibility index (Phi) is 7.06. The van der Waals surface area contributed by atoms with Gasteiger partial charge in [0.25, 0.3) is 5.91 Å². The highest BCUT2D eigenvalue weighted by molar-refractivity contribution is 7.89. The normalized spacial score (nSPS) is 18.0. The van der Waals surface area contributed by atoms with Crippen LogP contribution in [0.4, 0.5) is 0 Å². The zero-order valence-electron chi connectivity index (χ0n) is 13.7. The van der Waals surface area contributed by atoms with E-state index in [4.69, 9.17) is 0 Å². The van der Waals surface area contributed by atoms with E-state index in [1.54, 1.807) is 15.9 Å². The van der Waals surface area contributed by atoms with E-state index in [-0.39, 0.29) is 29.3 Å². The molecule has 0 aromatic carbocycles. The van der Waals surface area contributed by atoms with Gasteiger partial charge in [-0.2, -0.15) is 4.31 Å². The third-order valence-corrected chi connectivity index (χ3v) is 5.85. The molecule has 0 saturated carbocycles. The molecule has 1 amide bonds. The van der Waals surface area contributed by atoms with Crippen LogP contribution in [-0.2, 0) is 17.1 Å². The Hall–Kier alpha value is -1.09. The average molecular weight is 365 g/mol. The zero-order chi connectivity index (χ0) is 16.3. The van der Waals surface area contributed by atoms with Gasteiger partial charge in [0.05, 0.1) is 0 Å². The van der Waals surface area contributed by atoms with Crippen LogP contribution in [0.25, 0.3) is 0 Å². The summed E-state index contributed by atoms with van der Waals surface area (Å²) in [5.41, 5.74) is 0.335. The number of aryl methyl sites for hydroxylation is 1. The summed E-state index contributed by atoms with van der Waals surface area (Å²) < 4.78 is 29.0. The van der Waals surface area contributed by atoms with Crippen LogP contribution in [0, 0.1) is 0 Å². The van der Waals surface area contributed by atoms with Crippen molar-refractivity contribution in [3.05, 3.63) is 18.0 Å². The first kappa shape index (κ1) is 20.0. The minimum absolute atomic E-state index is 0. The highest BCUT2D eigenvalue weighted by Crippen LogP contribution is 2.23. The van der Waals surface area contributed by atoms with Crippen molar-refractivity contribution in [3.63, 3.8) is 0 Å². The van der Waals surface area contributed by atoms with Crippen LogP contribution in [0.5, 0.6) is 0 Å². The maximum absolute atomic E-state index is 12.9. The molecule has 1 atom stereocenters. The second-order valence-corrected chi connectivity index (χ2v) is 7.40. The Morgan fingerprint density at radius 1 is 1.52 bits per heavy atom. The van der Waals surface area contributed by atoms with Gasteiger partial charge in [-0.05, 0) is 25.5 Å². The Morgan fingerprint density at radius 2 is 2.22 bits per heavy atom. The molecule has 0 aliphatic carbocycles. The molecule has 1 fully saturated rings. The van der Waals surface area contributed by atoms with Gasteiger partial charge in [-0.3, -0.25) is 4.79 Å². The molecule has 1 aromatic heterocycles. The second kappa shape index (κ2) is 8.14. The fourth-order valence-electron chi connectivity index (χ4n) is 2.77.